The van der Waals surface area contributed by atoms with E-state index >= 15 is 0 Å². The van der Waals surface area contributed by atoms with Crippen LogP contribution < -0.4 is 5.32 Å². The lowest BCUT2D eigenvalue weighted by Gasteiger charge is -2.08. The molecule has 2 aromatic rings. The van der Waals surface area contributed by atoms with Gasteiger partial charge in [0, 0.05) is 18.1 Å². The molecule has 4 nitrogen and oxygen atoms in total. The van der Waals surface area contributed by atoms with Gasteiger partial charge in [0.25, 0.3) is 5.91 Å². The van der Waals surface area contributed by atoms with Crippen molar-refractivity contribution in [3.05, 3.63) is 47.8 Å². The molecule has 5 heteroatoms. The highest BCUT2D eigenvalue weighted by atomic mass is 32.1. The minimum Gasteiger partial charge on any atom is -0.328 e. The molecule has 20 heavy (non-hydrogen) atoms. The Labute approximate surface area is 122 Å². The molecular weight excluding hydrogens is 270 g/mol. The topological polar surface area (TPSA) is 45.2 Å². The number of fused-ring (bicyclic) bond motifs is 1. The van der Waals surface area contributed by atoms with Crippen molar-refractivity contribution >= 4 is 40.2 Å². The lowest BCUT2D eigenvalue weighted by Crippen LogP contribution is -2.30. The Bertz CT molecular complexity index is 739. The van der Waals surface area contributed by atoms with E-state index in [1.807, 2.05) is 37.3 Å². The molecule has 0 atom stereocenters. The van der Waals surface area contributed by atoms with Gasteiger partial charge in [-0.25, -0.2) is 0 Å². The number of carbonyl (C=O) groups is 1. The molecule has 3 rings (SSSR count). The average molecular weight is 283 g/mol. The van der Waals surface area contributed by atoms with Crippen LogP contribution in [-0.4, -0.2) is 27.4 Å². The van der Waals surface area contributed by atoms with Crippen molar-refractivity contribution in [2.24, 2.45) is 0 Å². The van der Waals surface area contributed by atoms with Crippen molar-refractivity contribution < 1.29 is 4.79 Å². The van der Waals surface area contributed by atoms with Crippen LogP contribution in [0.2, 0.25) is 0 Å². The monoisotopic (exact) mass is 283 g/mol. The third kappa shape index (κ3) is 2.16. The summed E-state index contributed by atoms with van der Waals surface area (Å²) in [7, 11) is 0. The molecule has 1 N–H and O–H groups in total. The van der Waals surface area contributed by atoms with Gasteiger partial charge < -0.3 is 5.32 Å². The molecule has 1 aliphatic heterocycles. The fourth-order valence-electron chi connectivity index (χ4n) is 2.19. The largest absolute Gasteiger partial charge is 0.328 e. The molecule has 0 aliphatic carbocycles. The van der Waals surface area contributed by atoms with Crippen LogP contribution in [-0.2, 0) is 4.79 Å². The van der Waals surface area contributed by atoms with Gasteiger partial charge in [0.15, 0.2) is 5.11 Å². The van der Waals surface area contributed by atoms with Gasteiger partial charge >= 0.3 is 0 Å². The lowest BCUT2D eigenvalue weighted by molar-refractivity contribution is -0.122. The van der Waals surface area contributed by atoms with Gasteiger partial charge in [-0.2, -0.15) is 0 Å². The molecule has 1 aromatic heterocycles. The second-order valence-corrected chi connectivity index (χ2v) is 4.89. The lowest BCUT2D eigenvalue weighted by atomic mass is 10.1. The van der Waals surface area contributed by atoms with E-state index in [-0.39, 0.29) is 5.91 Å². The Kier molecular flexibility index (Phi) is 3.20. The van der Waals surface area contributed by atoms with Crippen LogP contribution in [0.3, 0.4) is 0 Å². The molecule has 1 amide bonds. The predicted octanol–water partition coefficient (Wildman–Crippen LogP) is 2.31. The summed E-state index contributed by atoms with van der Waals surface area (Å²) < 4.78 is 0. The van der Waals surface area contributed by atoms with Gasteiger partial charge in [0.2, 0.25) is 0 Å². The third-order valence-corrected chi connectivity index (χ3v) is 3.52. The maximum absolute atomic E-state index is 12.1. The van der Waals surface area contributed by atoms with E-state index in [0.717, 1.165) is 16.5 Å². The van der Waals surface area contributed by atoms with Crippen molar-refractivity contribution in [3.63, 3.8) is 0 Å². The summed E-state index contributed by atoms with van der Waals surface area (Å²) in [4.78, 5) is 18.0. The maximum Gasteiger partial charge on any atom is 0.276 e. The van der Waals surface area contributed by atoms with Gasteiger partial charge in [-0.1, -0.05) is 18.2 Å². The van der Waals surface area contributed by atoms with Crippen molar-refractivity contribution in [2.45, 2.75) is 6.92 Å². The van der Waals surface area contributed by atoms with E-state index in [1.54, 1.807) is 12.3 Å². The minimum absolute atomic E-state index is 0.0920. The molecule has 1 fully saturated rings. The van der Waals surface area contributed by atoms with Gasteiger partial charge in [-0.05, 0) is 42.9 Å². The standard InChI is InChI=1S/C15H13N3OS/c1-2-18-14(19)13(17-15(18)20)8-10-7-11-5-3-4-6-12(11)16-9-10/h3-9H,2H2,1H3,(H,17,20)/b13-8-. The average Bonchev–Trinajstić information content (AvgIpc) is 2.73. The highest BCUT2D eigenvalue weighted by Gasteiger charge is 2.28. The van der Waals surface area contributed by atoms with E-state index in [1.165, 1.54) is 4.90 Å². The number of amides is 1. The summed E-state index contributed by atoms with van der Waals surface area (Å²) in [5.74, 6) is -0.0920. The Hall–Kier alpha value is -2.27. The Morgan fingerprint density at radius 3 is 2.95 bits per heavy atom. The zero-order valence-electron chi connectivity index (χ0n) is 11.0. The maximum atomic E-state index is 12.1. The zero-order chi connectivity index (χ0) is 14.1. The number of nitrogens with zero attached hydrogens (tertiary/aromatic N) is 2. The normalized spacial score (nSPS) is 17.1. The van der Waals surface area contributed by atoms with Gasteiger partial charge in [-0.15, -0.1) is 0 Å². The van der Waals surface area contributed by atoms with E-state index in [4.69, 9.17) is 12.2 Å². The number of carbonyl (C=O) groups excluding carboxylic acids is 1. The zero-order valence-corrected chi connectivity index (χ0v) is 11.8. The Balaban J connectivity index is 1.98. The number of hydrogen-bond donors (Lipinski definition) is 1. The van der Waals surface area contributed by atoms with E-state index in [2.05, 4.69) is 10.3 Å². The molecule has 1 aromatic carbocycles. The quantitative estimate of drug-likeness (QED) is 0.678. The minimum atomic E-state index is -0.0920. The molecule has 2 heterocycles. The Morgan fingerprint density at radius 2 is 2.20 bits per heavy atom. The number of para-hydroxylation sites is 1. The number of hydrogen-bond acceptors (Lipinski definition) is 3. The number of benzene rings is 1. The van der Waals surface area contributed by atoms with Crippen molar-refractivity contribution in [2.75, 3.05) is 6.54 Å². The van der Waals surface area contributed by atoms with Gasteiger partial charge in [0.05, 0.1) is 5.52 Å². The van der Waals surface area contributed by atoms with Gasteiger partial charge in [0.1, 0.15) is 5.70 Å². The van der Waals surface area contributed by atoms with Crippen LogP contribution >= 0.6 is 12.2 Å². The fourth-order valence-corrected chi connectivity index (χ4v) is 2.51. The molecule has 0 spiro atoms. The number of pyridine rings is 1. The van der Waals surface area contributed by atoms with Crippen LogP contribution in [0.1, 0.15) is 12.5 Å². The second-order valence-electron chi connectivity index (χ2n) is 4.50. The number of nitrogens with one attached hydrogen (secondary N) is 1. The predicted molar refractivity (Wildman–Crippen MR) is 82.8 cm³/mol. The number of rotatable bonds is 2. The first-order chi connectivity index (χ1) is 9.69. The van der Waals surface area contributed by atoms with Crippen LogP contribution in [0.25, 0.3) is 17.0 Å². The van der Waals surface area contributed by atoms with Crippen LogP contribution in [0.5, 0.6) is 0 Å². The fraction of sp³-hybridized carbons (Fsp3) is 0.133. The second kappa shape index (κ2) is 5.02. The smallest absolute Gasteiger partial charge is 0.276 e. The molecule has 0 unspecified atom stereocenters. The summed E-state index contributed by atoms with van der Waals surface area (Å²) in [5, 5.41) is 4.44. The number of thiocarbonyl (C=S) groups is 1. The molecule has 1 aliphatic rings. The molecular formula is C15H13N3OS. The van der Waals surface area contributed by atoms with Gasteiger partial charge in [-0.3, -0.25) is 14.7 Å². The molecule has 1 saturated heterocycles. The van der Waals surface area contributed by atoms with Crippen LogP contribution in [0, 0.1) is 0 Å². The van der Waals surface area contributed by atoms with Crippen molar-refractivity contribution in [3.8, 4) is 0 Å². The van der Waals surface area contributed by atoms with E-state index < -0.39 is 0 Å². The first-order valence-electron chi connectivity index (χ1n) is 6.38. The van der Waals surface area contributed by atoms with Crippen molar-refractivity contribution in [1.82, 2.24) is 15.2 Å². The molecule has 0 saturated carbocycles. The first kappa shape index (κ1) is 12.7. The Morgan fingerprint density at radius 1 is 1.40 bits per heavy atom. The van der Waals surface area contributed by atoms with Crippen molar-refractivity contribution in [1.29, 1.82) is 0 Å². The summed E-state index contributed by atoms with van der Waals surface area (Å²) in [6.07, 6.45) is 3.53. The number of aromatic nitrogens is 1. The highest BCUT2D eigenvalue weighted by Crippen LogP contribution is 2.17. The summed E-state index contributed by atoms with van der Waals surface area (Å²) in [6, 6.07) is 9.87. The highest BCUT2D eigenvalue weighted by molar-refractivity contribution is 7.80. The molecule has 100 valence electrons. The van der Waals surface area contributed by atoms with E-state index in [9.17, 15) is 4.79 Å². The van der Waals surface area contributed by atoms with Crippen LogP contribution in [0.15, 0.2) is 42.2 Å². The SMILES string of the molecule is CCN1C(=O)/C(=C/c2cnc3ccccc3c2)NC1=S. The van der Waals surface area contributed by atoms with Crippen LogP contribution in [0.4, 0.5) is 0 Å². The molecule has 0 bridgehead atoms. The number of likely N-dealkylation sites (N-methyl/N-ethyl adjacent to an activating group) is 1. The summed E-state index contributed by atoms with van der Waals surface area (Å²) in [6.45, 7) is 2.46. The summed E-state index contributed by atoms with van der Waals surface area (Å²) >= 11 is 5.12. The third-order valence-electron chi connectivity index (χ3n) is 3.20. The molecule has 0 radical (unpaired) electrons. The first-order valence-corrected chi connectivity index (χ1v) is 6.79. The van der Waals surface area contributed by atoms with E-state index in [0.29, 0.717) is 17.4 Å². The summed E-state index contributed by atoms with van der Waals surface area (Å²) in [5.41, 5.74) is 2.31.